The number of rotatable bonds is 5. The second-order valence-corrected chi connectivity index (χ2v) is 7.01. The van der Waals surface area contributed by atoms with Crippen LogP contribution in [-0.4, -0.2) is 73.3 Å². The molecule has 1 fully saturated rings. The molecule has 1 aliphatic heterocycles. The number of nitrogens with zero attached hydrogens (tertiary/aromatic N) is 4. The summed E-state index contributed by atoms with van der Waals surface area (Å²) in [6, 6.07) is 0. The topological polar surface area (TPSA) is 113 Å². The molecule has 2 aromatic heterocycles. The minimum Gasteiger partial charge on any atom is -0.394 e. The van der Waals surface area contributed by atoms with E-state index in [0.717, 1.165) is 0 Å². The number of H-pyrrole nitrogens is 1. The lowest BCUT2D eigenvalue weighted by Gasteiger charge is -2.35. The molecule has 2 unspecified atom stereocenters. The minimum absolute atomic E-state index is 0.0137. The van der Waals surface area contributed by atoms with Crippen LogP contribution in [0.1, 0.15) is 13.8 Å². The summed E-state index contributed by atoms with van der Waals surface area (Å²) < 4.78 is 7.10. The number of hydrogen-bond acceptors (Lipinski definition) is 7. The molecule has 136 valence electrons. The van der Waals surface area contributed by atoms with Crippen LogP contribution in [0, 0.1) is 0 Å². The van der Waals surface area contributed by atoms with E-state index in [0.29, 0.717) is 29.3 Å². The molecule has 0 radical (unpaired) electrons. The molecule has 3 heterocycles. The summed E-state index contributed by atoms with van der Waals surface area (Å²) in [5, 5.41) is 13.8. The van der Waals surface area contributed by atoms with Crippen molar-refractivity contribution in [3.05, 3.63) is 16.6 Å². The third-order valence-corrected chi connectivity index (χ3v) is 4.76. The number of carbonyl (C=O) groups excluding carboxylic acids is 1. The number of aliphatic hydroxyl groups is 1. The van der Waals surface area contributed by atoms with Gasteiger partial charge in [0.05, 0.1) is 37.3 Å². The van der Waals surface area contributed by atoms with Gasteiger partial charge in [-0.05, 0) is 13.8 Å². The third-order valence-electron chi connectivity index (χ3n) is 3.90. The Morgan fingerprint density at radius 2 is 2.16 bits per heavy atom. The van der Waals surface area contributed by atoms with Gasteiger partial charge in [0.2, 0.25) is 5.91 Å². The summed E-state index contributed by atoms with van der Waals surface area (Å²) in [7, 11) is 0. The number of carbonyl (C=O) groups is 1. The van der Waals surface area contributed by atoms with E-state index in [4.69, 9.17) is 9.84 Å². The average Bonchev–Trinajstić information content (AvgIpc) is 2.96. The highest BCUT2D eigenvalue weighted by Crippen LogP contribution is 2.17. The van der Waals surface area contributed by atoms with Crippen LogP contribution in [0.25, 0.3) is 11.0 Å². The number of aliphatic hydroxyl groups excluding tert-OH is 1. The molecule has 1 aliphatic rings. The zero-order chi connectivity index (χ0) is 18.0. The van der Waals surface area contributed by atoms with Crippen LogP contribution in [-0.2, 0) is 16.1 Å². The zero-order valence-corrected chi connectivity index (χ0v) is 15.0. The molecule has 2 N–H and O–H groups in total. The van der Waals surface area contributed by atoms with E-state index in [1.165, 1.54) is 22.6 Å². The van der Waals surface area contributed by atoms with Crippen molar-refractivity contribution >= 4 is 28.7 Å². The van der Waals surface area contributed by atoms with E-state index in [9.17, 15) is 9.59 Å². The summed E-state index contributed by atoms with van der Waals surface area (Å²) in [6.07, 6.45) is 1.45. The number of aromatic amines is 1. The predicted molar refractivity (Wildman–Crippen MR) is 92.5 cm³/mol. The predicted octanol–water partition coefficient (Wildman–Crippen LogP) is -0.160. The fraction of sp³-hybridized carbons (Fsp3) is 0.600. The maximum Gasteiger partial charge on any atom is 0.262 e. The van der Waals surface area contributed by atoms with E-state index < -0.39 is 0 Å². The molecule has 25 heavy (non-hydrogen) atoms. The van der Waals surface area contributed by atoms with Crippen LogP contribution >= 0.6 is 11.8 Å². The Bertz CT molecular complexity index is 810. The van der Waals surface area contributed by atoms with Crippen molar-refractivity contribution in [2.45, 2.75) is 37.8 Å². The number of morpholine rings is 1. The van der Waals surface area contributed by atoms with Crippen molar-refractivity contribution < 1.29 is 14.6 Å². The lowest BCUT2D eigenvalue weighted by molar-refractivity contribution is -0.140. The largest absolute Gasteiger partial charge is 0.394 e. The number of hydrogen-bond donors (Lipinski definition) is 2. The highest BCUT2D eigenvalue weighted by atomic mass is 32.2. The Kier molecular flexibility index (Phi) is 5.40. The van der Waals surface area contributed by atoms with Crippen molar-refractivity contribution in [1.82, 2.24) is 24.6 Å². The number of aromatic nitrogens is 4. The number of amides is 1. The second kappa shape index (κ2) is 7.54. The Morgan fingerprint density at radius 1 is 1.44 bits per heavy atom. The number of nitrogens with one attached hydrogen (secondary N) is 1. The average molecular weight is 367 g/mol. The van der Waals surface area contributed by atoms with Gasteiger partial charge in [0.1, 0.15) is 5.39 Å². The number of thioether (sulfide) groups is 1. The van der Waals surface area contributed by atoms with E-state index >= 15 is 0 Å². The molecule has 1 saturated heterocycles. The van der Waals surface area contributed by atoms with E-state index in [1.54, 1.807) is 4.90 Å². The highest BCUT2D eigenvalue weighted by molar-refractivity contribution is 7.99. The molecule has 9 nitrogen and oxygen atoms in total. The molecule has 10 heteroatoms. The van der Waals surface area contributed by atoms with Crippen LogP contribution in [0.4, 0.5) is 0 Å². The van der Waals surface area contributed by atoms with Crippen molar-refractivity contribution in [1.29, 1.82) is 0 Å². The van der Waals surface area contributed by atoms with Crippen LogP contribution < -0.4 is 5.56 Å². The zero-order valence-electron chi connectivity index (χ0n) is 14.1. The molecular formula is C15H21N5O4S. The van der Waals surface area contributed by atoms with Gasteiger partial charge in [0, 0.05) is 13.1 Å². The first-order valence-corrected chi connectivity index (χ1v) is 9.09. The van der Waals surface area contributed by atoms with Crippen LogP contribution in [0.2, 0.25) is 0 Å². The summed E-state index contributed by atoms with van der Waals surface area (Å²) in [5.74, 6) is 0.167. The van der Waals surface area contributed by atoms with E-state index in [-0.39, 0.29) is 42.6 Å². The maximum atomic E-state index is 12.4. The Balaban J connectivity index is 1.71. The monoisotopic (exact) mass is 367 g/mol. The van der Waals surface area contributed by atoms with Gasteiger partial charge in [-0.25, -0.2) is 9.67 Å². The van der Waals surface area contributed by atoms with Crippen molar-refractivity contribution in [3.8, 4) is 0 Å². The van der Waals surface area contributed by atoms with E-state index in [1.807, 2.05) is 13.8 Å². The van der Waals surface area contributed by atoms with Gasteiger partial charge < -0.3 is 19.7 Å². The summed E-state index contributed by atoms with van der Waals surface area (Å²) in [5.41, 5.74) is 0.0964. The first-order valence-electron chi connectivity index (χ1n) is 8.10. The lowest BCUT2D eigenvalue weighted by atomic mass is 10.2. The van der Waals surface area contributed by atoms with Crippen LogP contribution in [0.15, 0.2) is 16.1 Å². The van der Waals surface area contributed by atoms with E-state index in [2.05, 4.69) is 15.1 Å². The molecule has 2 atom stereocenters. The molecular weight excluding hydrogens is 346 g/mol. The third kappa shape index (κ3) is 4.02. The van der Waals surface area contributed by atoms with Gasteiger partial charge in [-0.15, -0.1) is 0 Å². The Hall–Kier alpha value is -1.91. The van der Waals surface area contributed by atoms with Gasteiger partial charge in [0.15, 0.2) is 10.8 Å². The molecule has 3 rings (SSSR count). The van der Waals surface area contributed by atoms with Crippen molar-refractivity contribution in [2.24, 2.45) is 0 Å². The minimum atomic E-state index is -0.308. The maximum absolute atomic E-state index is 12.4. The fourth-order valence-corrected chi connectivity index (χ4v) is 3.63. The highest BCUT2D eigenvalue weighted by Gasteiger charge is 2.26. The Labute approximate surface area is 148 Å². The molecule has 0 aliphatic carbocycles. The lowest BCUT2D eigenvalue weighted by Crippen LogP contribution is -2.48. The van der Waals surface area contributed by atoms with Gasteiger partial charge >= 0.3 is 0 Å². The van der Waals surface area contributed by atoms with Crippen molar-refractivity contribution in [3.63, 3.8) is 0 Å². The van der Waals surface area contributed by atoms with Gasteiger partial charge in [-0.2, -0.15) is 5.10 Å². The molecule has 0 saturated carbocycles. The van der Waals surface area contributed by atoms with Gasteiger partial charge in [0.25, 0.3) is 5.56 Å². The molecule has 0 aromatic carbocycles. The second-order valence-electron chi connectivity index (χ2n) is 6.04. The molecule has 0 spiro atoms. The molecule has 0 bridgehead atoms. The Morgan fingerprint density at radius 3 is 2.84 bits per heavy atom. The number of fused-ring (bicyclic) bond motifs is 1. The fourth-order valence-electron chi connectivity index (χ4n) is 2.88. The van der Waals surface area contributed by atoms with Gasteiger partial charge in [-0.1, -0.05) is 11.8 Å². The van der Waals surface area contributed by atoms with Crippen LogP contribution in [0.5, 0.6) is 0 Å². The molecule has 2 aromatic rings. The summed E-state index contributed by atoms with van der Waals surface area (Å²) in [4.78, 5) is 33.3. The molecule has 1 amide bonds. The quantitative estimate of drug-likeness (QED) is 0.558. The van der Waals surface area contributed by atoms with Crippen LogP contribution in [0.3, 0.4) is 0 Å². The smallest absolute Gasteiger partial charge is 0.262 e. The van der Waals surface area contributed by atoms with Crippen molar-refractivity contribution in [2.75, 3.05) is 25.4 Å². The SMILES string of the molecule is CC1CN(C(=O)CSc2nc3c(cnn3CCO)c(=O)[nH]2)CC(C)O1. The summed E-state index contributed by atoms with van der Waals surface area (Å²) in [6.45, 7) is 5.18. The standard InChI is InChI=1S/C15H21N5O4S/c1-9-6-19(7-10(2)24-9)12(22)8-25-15-17-13-11(14(23)18-15)5-16-20(13)3-4-21/h5,9-10,21H,3-4,6-8H2,1-2H3,(H,17,18,23). The first-order chi connectivity index (χ1) is 12.0. The summed E-state index contributed by atoms with van der Waals surface area (Å²) >= 11 is 1.18. The normalized spacial score (nSPS) is 21.0. The number of ether oxygens (including phenoxy) is 1. The van der Waals surface area contributed by atoms with Gasteiger partial charge in [-0.3, -0.25) is 9.59 Å². The first kappa shape index (κ1) is 17.9.